The molecule has 1 atom stereocenters. The van der Waals surface area contributed by atoms with Crippen LogP contribution in [0, 0.1) is 5.92 Å². The Kier molecular flexibility index (Phi) is 5.59. The third-order valence-corrected chi connectivity index (χ3v) is 4.84. The highest BCUT2D eigenvalue weighted by Crippen LogP contribution is 2.34. The summed E-state index contributed by atoms with van der Waals surface area (Å²) in [7, 11) is 0. The van der Waals surface area contributed by atoms with Gasteiger partial charge in [-0.2, -0.15) is 0 Å². The van der Waals surface area contributed by atoms with Crippen LogP contribution in [0.4, 0.5) is 11.4 Å². The van der Waals surface area contributed by atoms with Crippen LogP contribution in [0.15, 0.2) is 42.7 Å². The van der Waals surface area contributed by atoms with Crippen LogP contribution in [0.5, 0.6) is 0 Å². The third-order valence-electron chi connectivity index (χ3n) is 4.28. The van der Waals surface area contributed by atoms with Crippen molar-refractivity contribution in [1.29, 1.82) is 0 Å². The number of aromatic nitrogens is 1. The number of carbonyl (C=O) groups is 1. The van der Waals surface area contributed by atoms with Gasteiger partial charge in [-0.3, -0.25) is 9.78 Å². The third kappa shape index (κ3) is 4.00. The Morgan fingerprint density at radius 3 is 2.50 bits per heavy atom. The lowest BCUT2D eigenvalue weighted by atomic mass is 10.00. The molecule has 0 bridgehead atoms. The maximum Gasteiger partial charge on any atom is 0.227 e. The number of carbonyl (C=O) groups excluding carboxylic acids is 1. The molecule has 0 spiro atoms. The van der Waals surface area contributed by atoms with Gasteiger partial charge in [-0.25, -0.2) is 0 Å². The maximum absolute atomic E-state index is 12.5. The zero-order valence-corrected chi connectivity index (χ0v) is 14.7. The van der Waals surface area contributed by atoms with Crippen LogP contribution in [0.3, 0.4) is 0 Å². The first-order chi connectivity index (χ1) is 11.6. The number of amides is 1. The Labute approximate surface area is 151 Å². The number of anilines is 2. The number of hydrogen-bond donors (Lipinski definition) is 1. The Morgan fingerprint density at radius 2 is 1.79 bits per heavy atom. The Bertz CT molecular complexity index is 688. The number of benzene rings is 1. The molecule has 126 valence electrons. The van der Waals surface area contributed by atoms with E-state index in [4.69, 9.17) is 23.2 Å². The van der Waals surface area contributed by atoms with Gasteiger partial charge in [0.1, 0.15) is 0 Å². The predicted octanol–water partition coefficient (Wildman–Crippen LogP) is 4.63. The van der Waals surface area contributed by atoms with Crippen molar-refractivity contribution in [1.82, 2.24) is 4.98 Å². The molecule has 1 aromatic carbocycles. The molecule has 1 fully saturated rings. The number of para-hydroxylation sites is 1. The van der Waals surface area contributed by atoms with Crippen molar-refractivity contribution in [2.24, 2.45) is 5.92 Å². The van der Waals surface area contributed by atoms with Crippen LogP contribution in [-0.4, -0.2) is 24.0 Å². The second-order valence-electron chi connectivity index (χ2n) is 5.92. The molecule has 24 heavy (non-hydrogen) atoms. The molecule has 3 rings (SSSR count). The molecule has 1 N–H and O–H groups in total. The quantitative estimate of drug-likeness (QED) is 0.864. The summed E-state index contributed by atoms with van der Waals surface area (Å²) in [5.41, 5.74) is 1.65. The van der Waals surface area contributed by atoms with E-state index in [2.05, 4.69) is 15.2 Å². The molecule has 0 saturated carbocycles. The molecule has 1 unspecified atom stereocenters. The fourth-order valence-corrected chi connectivity index (χ4v) is 3.66. The second kappa shape index (κ2) is 7.86. The molecule has 1 amide bonds. The maximum atomic E-state index is 12.5. The van der Waals surface area contributed by atoms with Crippen molar-refractivity contribution in [3.63, 3.8) is 0 Å². The zero-order valence-electron chi connectivity index (χ0n) is 13.2. The highest BCUT2D eigenvalue weighted by molar-refractivity contribution is 6.38. The van der Waals surface area contributed by atoms with Gasteiger partial charge in [-0.05, 0) is 31.4 Å². The average molecular weight is 364 g/mol. The molecule has 6 heteroatoms. The minimum atomic E-state index is -0.00501. The van der Waals surface area contributed by atoms with Gasteiger partial charge in [-0.1, -0.05) is 41.4 Å². The molecule has 0 radical (unpaired) electrons. The van der Waals surface area contributed by atoms with E-state index in [0.717, 1.165) is 43.7 Å². The zero-order chi connectivity index (χ0) is 16.9. The lowest BCUT2D eigenvalue weighted by molar-refractivity contribution is -0.120. The van der Waals surface area contributed by atoms with E-state index in [1.54, 1.807) is 12.4 Å². The molecule has 1 aromatic heterocycles. The molecular formula is C18H19Cl2N3O. The summed E-state index contributed by atoms with van der Waals surface area (Å²) in [5, 5.41) is 4.10. The fourth-order valence-electron chi connectivity index (χ4n) is 3.05. The minimum Gasteiger partial charge on any atom is -0.369 e. The van der Waals surface area contributed by atoms with Crippen molar-refractivity contribution >= 4 is 40.5 Å². The Balaban J connectivity index is 1.66. The fraction of sp³-hybridized carbons (Fsp3) is 0.333. The molecule has 1 aliphatic rings. The van der Waals surface area contributed by atoms with Crippen LogP contribution < -0.4 is 10.2 Å². The highest BCUT2D eigenvalue weighted by Gasteiger charge is 2.25. The summed E-state index contributed by atoms with van der Waals surface area (Å²) in [4.78, 5) is 18.7. The lowest BCUT2D eigenvalue weighted by Crippen LogP contribution is -2.27. The van der Waals surface area contributed by atoms with Crippen LogP contribution in [0.2, 0.25) is 10.0 Å². The smallest absolute Gasteiger partial charge is 0.227 e. The summed E-state index contributed by atoms with van der Waals surface area (Å²) in [6.07, 6.45) is 5.76. The van der Waals surface area contributed by atoms with Crippen molar-refractivity contribution in [2.75, 3.05) is 23.3 Å². The molecule has 2 aromatic rings. The number of pyridine rings is 1. The van der Waals surface area contributed by atoms with E-state index in [-0.39, 0.29) is 11.8 Å². The topological polar surface area (TPSA) is 45.2 Å². The molecule has 1 aliphatic heterocycles. The number of rotatable bonds is 3. The van der Waals surface area contributed by atoms with Gasteiger partial charge < -0.3 is 10.2 Å². The summed E-state index contributed by atoms with van der Waals surface area (Å²) in [6.45, 7) is 1.58. The van der Waals surface area contributed by atoms with Gasteiger partial charge in [0.05, 0.1) is 15.7 Å². The first kappa shape index (κ1) is 17.1. The van der Waals surface area contributed by atoms with Crippen LogP contribution in [0.1, 0.15) is 19.3 Å². The predicted molar refractivity (Wildman–Crippen MR) is 98.9 cm³/mol. The van der Waals surface area contributed by atoms with Crippen molar-refractivity contribution in [2.45, 2.75) is 19.3 Å². The summed E-state index contributed by atoms with van der Waals surface area (Å²) in [5.74, 6) is 0.0737. The van der Waals surface area contributed by atoms with E-state index in [1.807, 2.05) is 30.3 Å². The van der Waals surface area contributed by atoms with Gasteiger partial charge in [0.2, 0.25) is 5.91 Å². The number of nitrogens with zero attached hydrogens (tertiary/aromatic N) is 2. The standard InChI is InChI=1S/C18H19Cl2N3O/c19-15-11-21-12-16(20)17(15)23-9-4-5-13(8-10-23)18(24)22-14-6-2-1-3-7-14/h1-3,6-7,11-13H,4-5,8-10H2,(H,22,24). The first-order valence-corrected chi connectivity index (χ1v) is 8.80. The van der Waals surface area contributed by atoms with E-state index in [0.29, 0.717) is 10.0 Å². The largest absolute Gasteiger partial charge is 0.369 e. The van der Waals surface area contributed by atoms with E-state index in [1.165, 1.54) is 0 Å². The van der Waals surface area contributed by atoms with Crippen LogP contribution in [0.25, 0.3) is 0 Å². The number of halogens is 2. The highest BCUT2D eigenvalue weighted by atomic mass is 35.5. The number of hydrogen-bond acceptors (Lipinski definition) is 3. The summed E-state index contributed by atoms with van der Waals surface area (Å²) in [6, 6.07) is 9.56. The van der Waals surface area contributed by atoms with Gasteiger partial charge >= 0.3 is 0 Å². The molecule has 1 saturated heterocycles. The van der Waals surface area contributed by atoms with Crippen molar-refractivity contribution in [3.8, 4) is 0 Å². The molecule has 2 heterocycles. The SMILES string of the molecule is O=C(Nc1ccccc1)C1CCCN(c2c(Cl)cncc2Cl)CC1. The van der Waals surface area contributed by atoms with Crippen molar-refractivity contribution < 1.29 is 4.79 Å². The summed E-state index contributed by atoms with van der Waals surface area (Å²) < 4.78 is 0. The van der Waals surface area contributed by atoms with Gasteiger partial charge in [0.25, 0.3) is 0 Å². The lowest BCUT2D eigenvalue weighted by Gasteiger charge is -2.24. The molecular weight excluding hydrogens is 345 g/mol. The van der Waals surface area contributed by atoms with Crippen LogP contribution >= 0.6 is 23.2 Å². The van der Waals surface area contributed by atoms with Gasteiger partial charge in [0.15, 0.2) is 0 Å². The van der Waals surface area contributed by atoms with Crippen molar-refractivity contribution in [3.05, 3.63) is 52.8 Å². The second-order valence-corrected chi connectivity index (χ2v) is 6.74. The van der Waals surface area contributed by atoms with Crippen LogP contribution in [-0.2, 0) is 4.79 Å². The van der Waals surface area contributed by atoms with Gasteiger partial charge in [0, 0.05) is 37.1 Å². The average Bonchev–Trinajstić information content (AvgIpc) is 2.82. The molecule has 0 aliphatic carbocycles. The van der Waals surface area contributed by atoms with Gasteiger partial charge in [-0.15, -0.1) is 0 Å². The minimum absolute atomic E-state index is 0.00501. The Morgan fingerprint density at radius 1 is 1.08 bits per heavy atom. The monoisotopic (exact) mass is 363 g/mol. The number of nitrogens with one attached hydrogen (secondary N) is 1. The van der Waals surface area contributed by atoms with E-state index in [9.17, 15) is 4.79 Å². The first-order valence-electron chi connectivity index (χ1n) is 8.05. The normalized spacial score (nSPS) is 18.1. The molecule has 4 nitrogen and oxygen atoms in total. The van der Waals surface area contributed by atoms with E-state index >= 15 is 0 Å². The van der Waals surface area contributed by atoms with E-state index < -0.39 is 0 Å². The Hall–Kier alpha value is -1.78. The summed E-state index contributed by atoms with van der Waals surface area (Å²) >= 11 is 12.5.